The summed E-state index contributed by atoms with van der Waals surface area (Å²) in [5.74, 6) is -0.326. The number of likely N-dealkylation sites (tertiary alicyclic amines) is 1. The third kappa shape index (κ3) is 4.19. The third-order valence-electron chi connectivity index (χ3n) is 5.29. The Morgan fingerprint density at radius 2 is 1.80 bits per heavy atom. The van der Waals surface area contributed by atoms with Gasteiger partial charge in [-0.15, -0.1) is 0 Å². The fourth-order valence-corrected chi connectivity index (χ4v) is 3.90. The number of halogens is 1. The van der Waals surface area contributed by atoms with E-state index in [1.807, 2.05) is 19.0 Å². The van der Waals surface area contributed by atoms with Crippen LogP contribution in [0, 0.1) is 5.82 Å². The van der Waals surface area contributed by atoms with E-state index < -0.39 is 6.04 Å². The second-order valence-electron chi connectivity index (χ2n) is 7.09. The van der Waals surface area contributed by atoms with Gasteiger partial charge in [-0.3, -0.25) is 14.6 Å². The molecule has 6 heteroatoms. The number of hydrogen-bond donors (Lipinski definition) is 0. The second-order valence-corrected chi connectivity index (χ2v) is 7.09. The van der Waals surface area contributed by atoms with Gasteiger partial charge in [-0.1, -0.05) is 18.2 Å². The summed E-state index contributed by atoms with van der Waals surface area (Å²) in [6.45, 7) is 5.03. The molecule has 0 aromatic heterocycles. The molecule has 0 bridgehead atoms. The lowest BCUT2D eigenvalue weighted by Crippen LogP contribution is -2.51. The molecule has 1 aromatic carbocycles. The highest BCUT2D eigenvalue weighted by Crippen LogP contribution is 2.26. The molecule has 138 valence electrons. The van der Waals surface area contributed by atoms with Crippen LogP contribution in [0.1, 0.15) is 24.4 Å². The molecular weight excluding hydrogens is 321 g/mol. The van der Waals surface area contributed by atoms with Crippen molar-refractivity contribution in [1.29, 1.82) is 0 Å². The Balaban J connectivity index is 1.65. The van der Waals surface area contributed by atoms with Crippen LogP contribution in [0.25, 0.3) is 0 Å². The van der Waals surface area contributed by atoms with Gasteiger partial charge in [0.25, 0.3) is 0 Å². The fraction of sp³-hybridized carbons (Fsp3) is 0.632. The molecule has 0 spiro atoms. The Morgan fingerprint density at radius 1 is 1.16 bits per heavy atom. The Hall–Kier alpha value is -1.50. The molecule has 2 aliphatic heterocycles. The standard InChI is InChI=1S/C19H28FN3O2/c1-21(2)18(16-5-3-4-6-17(16)20)19(24)23-9-7-15(8-10-23)22-11-13-25-14-12-22/h3-6,15,18H,7-14H2,1-2H3/t18-/m0/s1. The molecular formula is C19H28FN3O2. The molecule has 0 radical (unpaired) electrons. The van der Waals surface area contributed by atoms with E-state index in [0.29, 0.717) is 11.6 Å². The van der Waals surface area contributed by atoms with Gasteiger partial charge in [0.15, 0.2) is 0 Å². The van der Waals surface area contributed by atoms with Gasteiger partial charge in [0, 0.05) is 37.8 Å². The number of benzene rings is 1. The lowest BCUT2D eigenvalue weighted by Gasteiger charge is -2.41. The van der Waals surface area contributed by atoms with Crippen LogP contribution in [-0.2, 0) is 9.53 Å². The van der Waals surface area contributed by atoms with E-state index in [-0.39, 0.29) is 11.7 Å². The van der Waals surface area contributed by atoms with Gasteiger partial charge >= 0.3 is 0 Å². The summed E-state index contributed by atoms with van der Waals surface area (Å²) in [7, 11) is 3.66. The molecule has 5 nitrogen and oxygen atoms in total. The number of amides is 1. The summed E-state index contributed by atoms with van der Waals surface area (Å²) in [5, 5.41) is 0. The Labute approximate surface area is 149 Å². The predicted molar refractivity (Wildman–Crippen MR) is 94.8 cm³/mol. The van der Waals surface area contributed by atoms with Gasteiger partial charge < -0.3 is 9.64 Å². The maximum absolute atomic E-state index is 14.2. The van der Waals surface area contributed by atoms with Gasteiger partial charge in [-0.05, 0) is 33.0 Å². The molecule has 25 heavy (non-hydrogen) atoms. The van der Waals surface area contributed by atoms with E-state index >= 15 is 0 Å². The average molecular weight is 349 g/mol. The number of carbonyl (C=O) groups excluding carboxylic acids is 1. The van der Waals surface area contributed by atoms with Gasteiger partial charge in [0.2, 0.25) is 5.91 Å². The van der Waals surface area contributed by atoms with E-state index in [2.05, 4.69) is 4.90 Å². The first-order valence-electron chi connectivity index (χ1n) is 9.09. The first kappa shape index (κ1) is 18.3. The topological polar surface area (TPSA) is 36.0 Å². The first-order chi connectivity index (χ1) is 12.1. The molecule has 2 saturated heterocycles. The molecule has 3 rings (SSSR count). The molecule has 1 aromatic rings. The van der Waals surface area contributed by atoms with E-state index in [9.17, 15) is 9.18 Å². The lowest BCUT2D eigenvalue weighted by atomic mass is 9.99. The summed E-state index contributed by atoms with van der Waals surface area (Å²) in [6, 6.07) is 6.53. The predicted octanol–water partition coefficient (Wildman–Crippen LogP) is 1.75. The Bertz CT molecular complexity index is 582. The van der Waals surface area contributed by atoms with Crippen LogP contribution in [0.2, 0.25) is 0 Å². The zero-order valence-corrected chi connectivity index (χ0v) is 15.2. The quantitative estimate of drug-likeness (QED) is 0.830. The normalized spacial score (nSPS) is 21.5. The van der Waals surface area contributed by atoms with Crippen molar-refractivity contribution in [2.75, 3.05) is 53.5 Å². The molecule has 0 unspecified atom stereocenters. The monoisotopic (exact) mass is 349 g/mol. The number of rotatable bonds is 4. The van der Waals surface area contributed by atoms with Crippen molar-refractivity contribution in [1.82, 2.24) is 14.7 Å². The highest BCUT2D eigenvalue weighted by molar-refractivity contribution is 5.83. The average Bonchev–Trinajstić information content (AvgIpc) is 2.64. The summed E-state index contributed by atoms with van der Waals surface area (Å²) in [6.07, 6.45) is 1.95. The number of ether oxygens (including phenoxy) is 1. The highest BCUT2D eigenvalue weighted by atomic mass is 19.1. The SMILES string of the molecule is CN(C)[C@H](C(=O)N1CCC(N2CCOCC2)CC1)c1ccccc1F. The molecule has 0 N–H and O–H groups in total. The number of hydrogen-bond acceptors (Lipinski definition) is 4. The van der Waals surface area contributed by atoms with Crippen LogP contribution in [0.5, 0.6) is 0 Å². The van der Waals surface area contributed by atoms with Crippen molar-refractivity contribution in [2.45, 2.75) is 24.9 Å². The maximum atomic E-state index is 14.2. The summed E-state index contributed by atoms with van der Waals surface area (Å²) in [4.78, 5) is 19.2. The smallest absolute Gasteiger partial charge is 0.244 e. The number of nitrogens with zero attached hydrogens (tertiary/aromatic N) is 3. The zero-order valence-electron chi connectivity index (χ0n) is 15.2. The van der Waals surface area contributed by atoms with Gasteiger partial charge in [0.1, 0.15) is 11.9 Å². The lowest BCUT2D eigenvalue weighted by molar-refractivity contribution is -0.138. The van der Waals surface area contributed by atoms with Crippen molar-refractivity contribution >= 4 is 5.91 Å². The number of likely N-dealkylation sites (N-methyl/N-ethyl adjacent to an activating group) is 1. The first-order valence-corrected chi connectivity index (χ1v) is 9.09. The summed E-state index contributed by atoms with van der Waals surface area (Å²) >= 11 is 0. The van der Waals surface area contributed by atoms with E-state index in [0.717, 1.165) is 52.2 Å². The second kappa shape index (κ2) is 8.25. The third-order valence-corrected chi connectivity index (χ3v) is 5.29. The van der Waals surface area contributed by atoms with Gasteiger partial charge in [0.05, 0.1) is 13.2 Å². The maximum Gasteiger partial charge on any atom is 0.244 e. The minimum absolute atomic E-state index is 0.00414. The number of carbonyl (C=O) groups is 1. The van der Waals surface area contributed by atoms with E-state index in [4.69, 9.17) is 4.74 Å². The minimum Gasteiger partial charge on any atom is -0.379 e. The van der Waals surface area contributed by atoms with Crippen molar-refractivity contribution in [3.05, 3.63) is 35.6 Å². The molecule has 1 amide bonds. The zero-order chi connectivity index (χ0) is 17.8. The van der Waals surface area contributed by atoms with E-state index in [1.54, 1.807) is 23.1 Å². The van der Waals surface area contributed by atoms with Crippen LogP contribution >= 0.6 is 0 Å². The number of morpholine rings is 1. The molecule has 0 saturated carbocycles. The van der Waals surface area contributed by atoms with Crippen molar-refractivity contribution in [2.24, 2.45) is 0 Å². The largest absolute Gasteiger partial charge is 0.379 e. The summed E-state index contributed by atoms with van der Waals surface area (Å²) in [5.41, 5.74) is 0.452. The van der Waals surface area contributed by atoms with Crippen molar-refractivity contribution < 1.29 is 13.9 Å². The molecule has 2 aliphatic rings. The molecule has 0 aliphatic carbocycles. The Morgan fingerprint density at radius 3 is 2.40 bits per heavy atom. The van der Waals surface area contributed by atoms with Crippen LogP contribution in [0.4, 0.5) is 4.39 Å². The van der Waals surface area contributed by atoms with Crippen LogP contribution in [0.15, 0.2) is 24.3 Å². The molecule has 2 fully saturated rings. The van der Waals surface area contributed by atoms with Gasteiger partial charge in [-0.25, -0.2) is 4.39 Å². The van der Waals surface area contributed by atoms with E-state index in [1.165, 1.54) is 6.07 Å². The Kier molecular flexibility index (Phi) is 6.04. The molecule has 2 heterocycles. The summed E-state index contributed by atoms with van der Waals surface area (Å²) < 4.78 is 19.6. The highest BCUT2D eigenvalue weighted by Gasteiger charge is 2.33. The number of piperidine rings is 1. The van der Waals surface area contributed by atoms with Crippen LogP contribution < -0.4 is 0 Å². The minimum atomic E-state index is -0.568. The van der Waals surface area contributed by atoms with Crippen LogP contribution in [-0.4, -0.2) is 80.1 Å². The van der Waals surface area contributed by atoms with Crippen molar-refractivity contribution in [3.63, 3.8) is 0 Å². The molecule has 1 atom stereocenters. The van der Waals surface area contributed by atoms with Crippen LogP contribution in [0.3, 0.4) is 0 Å². The van der Waals surface area contributed by atoms with Crippen molar-refractivity contribution in [3.8, 4) is 0 Å². The van der Waals surface area contributed by atoms with Gasteiger partial charge in [-0.2, -0.15) is 0 Å². The fourth-order valence-electron chi connectivity index (χ4n) is 3.90.